The Kier molecular flexibility index (Phi) is 6.16. The van der Waals surface area contributed by atoms with Gasteiger partial charge in [-0.25, -0.2) is 4.98 Å². The molecule has 2 aromatic heterocycles. The third-order valence-corrected chi connectivity index (χ3v) is 4.98. The van der Waals surface area contributed by atoms with E-state index in [0.29, 0.717) is 29.6 Å². The molecule has 164 valence electrons. The van der Waals surface area contributed by atoms with Crippen LogP contribution < -0.4 is 14.8 Å². The molecule has 0 aliphatic rings. The lowest BCUT2D eigenvalue weighted by Crippen LogP contribution is -2.23. The number of ether oxygens (including phenoxy) is 2. The van der Waals surface area contributed by atoms with E-state index in [2.05, 4.69) is 25.7 Å². The summed E-state index contributed by atoms with van der Waals surface area (Å²) in [4.78, 5) is 16.9. The zero-order valence-electron chi connectivity index (χ0n) is 18.0. The number of carbonyl (C=O) groups is 1. The molecule has 0 aliphatic heterocycles. The Morgan fingerprint density at radius 2 is 1.78 bits per heavy atom. The molecule has 32 heavy (non-hydrogen) atoms. The predicted octanol–water partition coefficient (Wildman–Crippen LogP) is 3.59. The normalized spacial score (nSPS) is 10.7. The molecule has 0 atom stereocenters. The van der Waals surface area contributed by atoms with E-state index in [-0.39, 0.29) is 12.5 Å². The Balaban J connectivity index is 1.31. The lowest BCUT2D eigenvalue weighted by atomic mass is 10.2. The first-order valence-electron chi connectivity index (χ1n) is 10.0. The molecule has 9 nitrogen and oxygen atoms in total. The van der Waals surface area contributed by atoms with E-state index in [1.165, 1.54) is 0 Å². The number of benzene rings is 2. The van der Waals surface area contributed by atoms with Crippen molar-refractivity contribution in [3.8, 4) is 22.9 Å². The highest BCUT2D eigenvalue weighted by atomic mass is 16.5. The van der Waals surface area contributed by atoms with E-state index in [1.54, 1.807) is 31.4 Å². The van der Waals surface area contributed by atoms with Gasteiger partial charge in [-0.05, 0) is 62.4 Å². The Bertz CT molecular complexity index is 1180. The third-order valence-electron chi connectivity index (χ3n) is 4.98. The molecule has 0 saturated heterocycles. The standard InChI is InChI=1S/C23H23N5O4/c1-14-20(15(2)32-28-14)13-31-19-10-6-17(7-11-19)23(29)24-12-21-25-22(27-26-21)16-4-8-18(30-3)9-5-16/h4-11H,12-13H2,1-3H3,(H,24,29)(H,25,26,27). The lowest BCUT2D eigenvalue weighted by Gasteiger charge is -2.07. The second-order valence-electron chi connectivity index (χ2n) is 7.13. The van der Waals surface area contributed by atoms with E-state index >= 15 is 0 Å². The van der Waals surface area contributed by atoms with Crippen molar-refractivity contribution in [3.05, 3.63) is 76.9 Å². The maximum Gasteiger partial charge on any atom is 0.251 e. The summed E-state index contributed by atoms with van der Waals surface area (Å²) in [5.41, 5.74) is 3.10. The number of amides is 1. The van der Waals surface area contributed by atoms with E-state index in [1.807, 2.05) is 38.1 Å². The largest absolute Gasteiger partial charge is 0.497 e. The highest BCUT2D eigenvalue weighted by molar-refractivity contribution is 5.94. The summed E-state index contributed by atoms with van der Waals surface area (Å²) < 4.78 is 16.1. The Labute approximate surface area is 184 Å². The van der Waals surface area contributed by atoms with E-state index in [4.69, 9.17) is 14.0 Å². The number of nitrogens with zero attached hydrogens (tertiary/aromatic N) is 3. The molecule has 9 heteroatoms. The van der Waals surface area contributed by atoms with Gasteiger partial charge in [0.15, 0.2) is 5.82 Å². The number of aromatic amines is 1. The average Bonchev–Trinajstić information content (AvgIpc) is 3.43. The Morgan fingerprint density at radius 1 is 1.06 bits per heavy atom. The number of hydrogen-bond acceptors (Lipinski definition) is 7. The highest BCUT2D eigenvalue weighted by Gasteiger charge is 2.11. The van der Waals surface area contributed by atoms with Crippen LogP contribution in [0.25, 0.3) is 11.4 Å². The number of H-pyrrole nitrogens is 1. The summed E-state index contributed by atoms with van der Waals surface area (Å²) in [6, 6.07) is 14.4. The first kappa shape index (κ1) is 21.1. The molecule has 2 aromatic carbocycles. The molecule has 0 aliphatic carbocycles. The van der Waals surface area contributed by atoms with Gasteiger partial charge >= 0.3 is 0 Å². The van der Waals surface area contributed by atoms with E-state index < -0.39 is 0 Å². The number of carbonyl (C=O) groups excluding carboxylic acids is 1. The third kappa shape index (κ3) is 4.77. The van der Waals surface area contributed by atoms with Crippen LogP contribution in [0.2, 0.25) is 0 Å². The Morgan fingerprint density at radius 3 is 2.44 bits per heavy atom. The number of aromatic nitrogens is 4. The summed E-state index contributed by atoms with van der Waals surface area (Å²) in [5.74, 6) is 3.05. The fourth-order valence-corrected chi connectivity index (χ4v) is 3.08. The van der Waals surface area contributed by atoms with Crippen molar-refractivity contribution in [1.29, 1.82) is 0 Å². The van der Waals surface area contributed by atoms with Gasteiger partial charge in [-0.1, -0.05) is 5.16 Å². The minimum Gasteiger partial charge on any atom is -0.497 e. The van der Waals surface area contributed by atoms with Crippen LogP contribution in [0.4, 0.5) is 0 Å². The minimum absolute atomic E-state index is 0.218. The highest BCUT2D eigenvalue weighted by Crippen LogP contribution is 2.20. The summed E-state index contributed by atoms with van der Waals surface area (Å²) >= 11 is 0. The smallest absolute Gasteiger partial charge is 0.251 e. The van der Waals surface area contributed by atoms with Crippen LogP contribution in [0.5, 0.6) is 11.5 Å². The SMILES string of the molecule is COc1ccc(-c2n[nH]c(CNC(=O)c3ccc(OCc4c(C)noc4C)cc3)n2)cc1. The van der Waals surface area contributed by atoms with Crippen LogP contribution in [0.1, 0.15) is 33.2 Å². The number of aryl methyl sites for hydroxylation is 2. The second kappa shape index (κ2) is 9.34. The van der Waals surface area contributed by atoms with Gasteiger partial charge < -0.3 is 19.3 Å². The van der Waals surface area contributed by atoms with Gasteiger partial charge in [-0.3, -0.25) is 9.89 Å². The molecule has 0 radical (unpaired) electrons. The van der Waals surface area contributed by atoms with Crippen LogP contribution in [0.15, 0.2) is 53.1 Å². The first-order chi connectivity index (χ1) is 15.5. The van der Waals surface area contributed by atoms with Crippen molar-refractivity contribution in [2.24, 2.45) is 0 Å². The molecular formula is C23H23N5O4. The molecule has 2 heterocycles. The number of nitrogens with one attached hydrogen (secondary N) is 2. The fraction of sp³-hybridized carbons (Fsp3) is 0.217. The van der Waals surface area contributed by atoms with E-state index in [0.717, 1.165) is 28.3 Å². The summed E-state index contributed by atoms with van der Waals surface area (Å²) in [6.07, 6.45) is 0. The van der Waals surface area contributed by atoms with Gasteiger partial charge in [-0.15, -0.1) is 0 Å². The zero-order valence-corrected chi connectivity index (χ0v) is 18.0. The number of methoxy groups -OCH3 is 1. The Hall–Kier alpha value is -4.14. The fourth-order valence-electron chi connectivity index (χ4n) is 3.08. The summed E-state index contributed by atoms with van der Waals surface area (Å²) in [7, 11) is 1.61. The van der Waals surface area contributed by atoms with Crippen molar-refractivity contribution in [3.63, 3.8) is 0 Å². The minimum atomic E-state index is -0.218. The molecular weight excluding hydrogens is 410 g/mol. The predicted molar refractivity (Wildman–Crippen MR) is 116 cm³/mol. The molecule has 4 rings (SSSR count). The number of hydrogen-bond donors (Lipinski definition) is 2. The van der Waals surface area contributed by atoms with Gasteiger partial charge in [0.1, 0.15) is 29.7 Å². The monoisotopic (exact) mass is 433 g/mol. The second-order valence-corrected chi connectivity index (χ2v) is 7.13. The van der Waals surface area contributed by atoms with Gasteiger partial charge in [0.25, 0.3) is 5.91 Å². The van der Waals surface area contributed by atoms with Gasteiger partial charge in [0.05, 0.1) is 24.9 Å². The maximum absolute atomic E-state index is 12.5. The molecule has 0 fully saturated rings. The molecule has 0 spiro atoms. The van der Waals surface area contributed by atoms with Crippen LogP contribution in [-0.4, -0.2) is 33.4 Å². The molecule has 4 aromatic rings. The van der Waals surface area contributed by atoms with Crippen molar-refractivity contribution in [1.82, 2.24) is 25.7 Å². The van der Waals surface area contributed by atoms with E-state index in [9.17, 15) is 4.79 Å². The van der Waals surface area contributed by atoms with Crippen LogP contribution in [0, 0.1) is 13.8 Å². The number of rotatable bonds is 8. The van der Waals surface area contributed by atoms with Crippen molar-refractivity contribution >= 4 is 5.91 Å². The van der Waals surface area contributed by atoms with Crippen molar-refractivity contribution in [2.45, 2.75) is 27.0 Å². The van der Waals surface area contributed by atoms with Crippen LogP contribution >= 0.6 is 0 Å². The molecule has 0 saturated carbocycles. The van der Waals surface area contributed by atoms with Gasteiger partial charge in [0.2, 0.25) is 0 Å². The average molecular weight is 433 g/mol. The zero-order chi connectivity index (χ0) is 22.5. The van der Waals surface area contributed by atoms with Crippen molar-refractivity contribution < 1.29 is 18.8 Å². The van der Waals surface area contributed by atoms with Gasteiger partial charge in [0, 0.05) is 11.1 Å². The molecule has 0 bridgehead atoms. The first-order valence-corrected chi connectivity index (χ1v) is 10.0. The lowest BCUT2D eigenvalue weighted by molar-refractivity contribution is 0.0950. The molecule has 2 N–H and O–H groups in total. The summed E-state index contributed by atoms with van der Waals surface area (Å²) in [6.45, 7) is 4.30. The quantitative estimate of drug-likeness (QED) is 0.436. The molecule has 1 amide bonds. The topological polar surface area (TPSA) is 115 Å². The van der Waals surface area contributed by atoms with Crippen LogP contribution in [0.3, 0.4) is 0 Å². The maximum atomic E-state index is 12.5. The van der Waals surface area contributed by atoms with Crippen LogP contribution in [-0.2, 0) is 13.2 Å². The van der Waals surface area contributed by atoms with Gasteiger partial charge in [-0.2, -0.15) is 5.10 Å². The van der Waals surface area contributed by atoms with Crippen molar-refractivity contribution in [2.75, 3.05) is 7.11 Å². The molecule has 0 unspecified atom stereocenters. The summed E-state index contributed by atoms with van der Waals surface area (Å²) in [5, 5.41) is 13.8.